The Morgan fingerprint density at radius 2 is 1.87 bits per heavy atom. The summed E-state index contributed by atoms with van der Waals surface area (Å²) in [6, 6.07) is 11.2. The number of methoxy groups -OCH3 is 1. The van der Waals surface area contributed by atoms with Gasteiger partial charge in [-0.05, 0) is 34.9 Å². The zero-order chi connectivity index (χ0) is 16.7. The molecule has 0 bridgehead atoms. The second-order valence-corrected chi connectivity index (χ2v) is 5.88. The summed E-state index contributed by atoms with van der Waals surface area (Å²) in [6.07, 6.45) is -0.260. The molecule has 2 N–H and O–H groups in total. The van der Waals surface area contributed by atoms with Gasteiger partial charge in [0.1, 0.15) is 6.10 Å². The molecule has 0 aliphatic carbocycles. The number of carbonyl (C=O) groups excluding carboxylic acids is 2. The monoisotopic (exact) mass is 332 g/mol. The van der Waals surface area contributed by atoms with Gasteiger partial charge in [0.2, 0.25) is 0 Å². The number of thiophene rings is 1. The fourth-order valence-electron chi connectivity index (χ4n) is 2.15. The third kappa shape index (κ3) is 4.91. The molecule has 0 aliphatic rings. The van der Waals surface area contributed by atoms with E-state index in [1.807, 2.05) is 54.1 Å². The van der Waals surface area contributed by atoms with E-state index in [1.165, 1.54) is 0 Å². The molecule has 1 heterocycles. The molecule has 0 radical (unpaired) electrons. The Morgan fingerprint density at radius 1 is 1.13 bits per heavy atom. The molecule has 0 aliphatic heterocycles. The van der Waals surface area contributed by atoms with E-state index in [-0.39, 0.29) is 18.7 Å². The van der Waals surface area contributed by atoms with Crippen LogP contribution in [-0.2, 0) is 14.3 Å². The number of rotatable bonds is 6. The van der Waals surface area contributed by atoms with E-state index in [0.717, 1.165) is 11.1 Å². The first kappa shape index (κ1) is 17.2. The summed E-state index contributed by atoms with van der Waals surface area (Å²) in [5.41, 5.74) is 1.93. The average Bonchev–Trinajstić information content (AvgIpc) is 3.10. The van der Waals surface area contributed by atoms with Crippen LogP contribution in [0.3, 0.4) is 0 Å². The van der Waals surface area contributed by atoms with Crippen molar-refractivity contribution in [3.8, 4) is 0 Å². The molecular formula is C17H20N2O3S. The fourth-order valence-corrected chi connectivity index (χ4v) is 2.85. The van der Waals surface area contributed by atoms with Gasteiger partial charge in [0.15, 0.2) is 0 Å². The lowest BCUT2D eigenvalue weighted by Gasteiger charge is -2.16. The molecule has 0 fully saturated rings. The van der Waals surface area contributed by atoms with Crippen LogP contribution in [0.4, 0.5) is 0 Å². The van der Waals surface area contributed by atoms with Gasteiger partial charge in [-0.1, -0.05) is 30.3 Å². The maximum absolute atomic E-state index is 12.0. The second-order valence-electron chi connectivity index (χ2n) is 5.10. The second kappa shape index (κ2) is 8.45. The molecule has 1 aromatic heterocycles. The smallest absolute Gasteiger partial charge is 0.309 e. The number of hydrogen-bond acceptors (Lipinski definition) is 4. The van der Waals surface area contributed by atoms with Crippen LogP contribution < -0.4 is 10.6 Å². The molecule has 2 atom stereocenters. The zero-order valence-electron chi connectivity index (χ0n) is 13.1. The summed E-state index contributed by atoms with van der Waals surface area (Å²) in [6.45, 7) is 2.09. The van der Waals surface area contributed by atoms with Crippen molar-refractivity contribution in [1.82, 2.24) is 10.6 Å². The number of benzene rings is 1. The van der Waals surface area contributed by atoms with Crippen LogP contribution >= 0.6 is 11.3 Å². The lowest BCUT2D eigenvalue weighted by Crippen LogP contribution is -2.42. The highest BCUT2D eigenvalue weighted by Gasteiger charge is 2.19. The Hall–Kier alpha value is -2.18. The van der Waals surface area contributed by atoms with Gasteiger partial charge in [-0.2, -0.15) is 11.3 Å². The maximum Gasteiger partial charge on any atom is 0.309 e. The van der Waals surface area contributed by atoms with E-state index in [2.05, 4.69) is 10.6 Å². The molecule has 6 heteroatoms. The number of carbonyl (C=O) groups is 2. The maximum atomic E-state index is 12.0. The highest BCUT2D eigenvalue weighted by atomic mass is 32.1. The van der Waals surface area contributed by atoms with Crippen LogP contribution in [0, 0.1) is 0 Å². The summed E-state index contributed by atoms with van der Waals surface area (Å²) in [5, 5.41) is 9.19. The van der Waals surface area contributed by atoms with Gasteiger partial charge in [-0.3, -0.25) is 9.59 Å². The molecule has 2 aromatic rings. The van der Waals surface area contributed by atoms with Crippen molar-refractivity contribution < 1.29 is 14.3 Å². The third-order valence-electron chi connectivity index (χ3n) is 3.50. The molecular weight excluding hydrogens is 312 g/mol. The van der Waals surface area contributed by atoms with Crippen molar-refractivity contribution in [2.75, 3.05) is 13.7 Å². The van der Waals surface area contributed by atoms with E-state index in [9.17, 15) is 9.59 Å². The predicted molar refractivity (Wildman–Crippen MR) is 90.1 cm³/mol. The average molecular weight is 332 g/mol. The van der Waals surface area contributed by atoms with E-state index in [0.29, 0.717) is 0 Å². The van der Waals surface area contributed by atoms with Gasteiger partial charge in [0.25, 0.3) is 0 Å². The lowest BCUT2D eigenvalue weighted by atomic mass is 10.1. The van der Waals surface area contributed by atoms with Crippen LogP contribution in [0.1, 0.15) is 30.2 Å². The Kier molecular flexibility index (Phi) is 6.31. The lowest BCUT2D eigenvalue weighted by molar-refractivity contribution is -0.139. The van der Waals surface area contributed by atoms with Gasteiger partial charge in [0.05, 0.1) is 6.04 Å². The standard InChI is InChI=1S/C17H20N2O3S/c1-12(13-6-4-3-5-7-13)19-17(21)16(20)18-10-15(22-2)14-8-9-23-11-14/h3-9,11-12,15H,10H2,1-2H3,(H,18,20)(H,19,21). The first-order valence-electron chi connectivity index (χ1n) is 7.30. The van der Waals surface area contributed by atoms with Crippen LogP contribution in [-0.4, -0.2) is 25.5 Å². The quantitative estimate of drug-likeness (QED) is 0.799. The van der Waals surface area contributed by atoms with E-state index in [4.69, 9.17) is 4.74 Å². The van der Waals surface area contributed by atoms with Crippen LogP contribution in [0.2, 0.25) is 0 Å². The van der Waals surface area contributed by atoms with Gasteiger partial charge in [0, 0.05) is 13.7 Å². The molecule has 0 spiro atoms. The summed E-state index contributed by atoms with van der Waals surface area (Å²) >= 11 is 1.56. The minimum Gasteiger partial charge on any atom is -0.375 e. The van der Waals surface area contributed by atoms with Crippen molar-refractivity contribution in [3.63, 3.8) is 0 Å². The highest BCUT2D eigenvalue weighted by molar-refractivity contribution is 7.07. The van der Waals surface area contributed by atoms with Crippen LogP contribution in [0.25, 0.3) is 0 Å². The van der Waals surface area contributed by atoms with E-state index < -0.39 is 11.8 Å². The molecule has 0 saturated carbocycles. The van der Waals surface area contributed by atoms with E-state index >= 15 is 0 Å². The topological polar surface area (TPSA) is 67.4 Å². The normalized spacial score (nSPS) is 13.1. The Bertz CT molecular complexity index is 629. The highest BCUT2D eigenvalue weighted by Crippen LogP contribution is 2.18. The predicted octanol–water partition coefficient (Wildman–Crippen LogP) is 2.43. The number of hydrogen-bond donors (Lipinski definition) is 2. The van der Waals surface area contributed by atoms with Gasteiger partial charge in [-0.15, -0.1) is 0 Å². The third-order valence-corrected chi connectivity index (χ3v) is 4.20. The summed E-state index contributed by atoms with van der Waals surface area (Å²) < 4.78 is 5.34. The summed E-state index contributed by atoms with van der Waals surface area (Å²) in [4.78, 5) is 23.9. The number of ether oxygens (including phenoxy) is 1. The van der Waals surface area contributed by atoms with Gasteiger partial charge < -0.3 is 15.4 Å². The van der Waals surface area contributed by atoms with Crippen molar-refractivity contribution >= 4 is 23.2 Å². The number of nitrogens with one attached hydrogen (secondary N) is 2. The molecule has 0 saturated heterocycles. The summed E-state index contributed by atoms with van der Waals surface area (Å²) in [5.74, 6) is -1.31. The SMILES string of the molecule is COC(CNC(=O)C(=O)NC(C)c1ccccc1)c1ccsc1. The molecule has 2 amide bonds. The fraction of sp³-hybridized carbons (Fsp3) is 0.294. The largest absolute Gasteiger partial charge is 0.375 e. The number of amides is 2. The Balaban J connectivity index is 1.84. The molecule has 23 heavy (non-hydrogen) atoms. The Labute approximate surface area is 139 Å². The van der Waals surface area contributed by atoms with Crippen molar-refractivity contribution in [2.45, 2.75) is 19.1 Å². The molecule has 2 rings (SSSR count). The minimum absolute atomic E-state index is 0.232. The minimum atomic E-state index is -0.662. The van der Waals surface area contributed by atoms with Crippen molar-refractivity contribution in [3.05, 3.63) is 58.3 Å². The molecule has 122 valence electrons. The Morgan fingerprint density at radius 3 is 2.48 bits per heavy atom. The first-order valence-corrected chi connectivity index (χ1v) is 8.24. The van der Waals surface area contributed by atoms with Gasteiger partial charge in [-0.25, -0.2) is 0 Å². The first-order chi connectivity index (χ1) is 11.1. The van der Waals surface area contributed by atoms with Crippen molar-refractivity contribution in [2.24, 2.45) is 0 Å². The molecule has 2 unspecified atom stereocenters. The van der Waals surface area contributed by atoms with Gasteiger partial charge >= 0.3 is 11.8 Å². The zero-order valence-corrected chi connectivity index (χ0v) is 13.9. The van der Waals surface area contributed by atoms with Crippen LogP contribution in [0.15, 0.2) is 47.2 Å². The van der Waals surface area contributed by atoms with Crippen LogP contribution in [0.5, 0.6) is 0 Å². The molecule has 5 nitrogen and oxygen atoms in total. The van der Waals surface area contributed by atoms with E-state index in [1.54, 1.807) is 18.4 Å². The molecule has 1 aromatic carbocycles. The summed E-state index contributed by atoms with van der Waals surface area (Å²) in [7, 11) is 1.58. The van der Waals surface area contributed by atoms with Crippen molar-refractivity contribution in [1.29, 1.82) is 0 Å².